The van der Waals surface area contributed by atoms with E-state index in [1.807, 2.05) is 6.07 Å². The van der Waals surface area contributed by atoms with Gasteiger partial charge in [0.2, 0.25) is 5.75 Å². The van der Waals surface area contributed by atoms with Crippen molar-refractivity contribution in [2.45, 2.75) is 12.8 Å². The van der Waals surface area contributed by atoms with Crippen LogP contribution in [0.25, 0.3) is 6.08 Å². The summed E-state index contributed by atoms with van der Waals surface area (Å²) < 4.78 is 10.1. The van der Waals surface area contributed by atoms with E-state index in [1.54, 1.807) is 17.0 Å². The minimum absolute atomic E-state index is 0.0525. The van der Waals surface area contributed by atoms with Crippen LogP contribution in [0.3, 0.4) is 0 Å². The van der Waals surface area contributed by atoms with Gasteiger partial charge >= 0.3 is 0 Å². The third-order valence-electron chi connectivity index (χ3n) is 3.56. The van der Waals surface area contributed by atoms with Crippen molar-refractivity contribution in [1.82, 2.24) is 4.90 Å². The Morgan fingerprint density at radius 3 is 2.27 bits per heavy atom. The lowest BCUT2D eigenvalue weighted by molar-refractivity contribution is -0.125. The van der Waals surface area contributed by atoms with Crippen LogP contribution < -0.4 is 9.47 Å². The first-order valence-corrected chi connectivity index (χ1v) is 6.96. The number of likely N-dealkylation sites (tertiary alicyclic amines) is 1. The molecule has 0 aliphatic carbocycles. The van der Waals surface area contributed by atoms with Crippen molar-refractivity contribution in [1.29, 1.82) is 5.26 Å². The molecule has 1 aliphatic heterocycles. The second kappa shape index (κ2) is 6.85. The molecule has 1 aromatic carbocycles. The average Bonchev–Trinajstić information content (AvgIpc) is 3.07. The van der Waals surface area contributed by atoms with E-state index in [4.69, 9.17) is 9.47 Å². The summed E-state index contributed by atoms with van der Waals surface area (Å²) in [6.07, 6.45) is 3.40. The van der Waals surface area contributed by atoms with E-state index >= 15 is 0 Å². The normalized spacial score (nSPS) is 14.6. The maximum absolute atomic E-state index is 12.3. The molecule has 1 N–H and O–H groups in total. The van der Waals surface area contributed by atoms with Gasteiger partial charge in [0.05, 0.1) is 14.2 Å². The lowest BCUT2D eigenvalue weighted by Gasteiger charge is -2.14. The number of phenols is 1. The van der Waals surface area contributed by atoms with Crippen LogP contribution in [0.5, 0.6) is 17.2 Å². The standard InChI is InChI=1S/C16H18N2O4/c1-21-13-8-11(9-14(22-2)15(13)19)7-12(10-17)16(20)18-5-3-4-6-18/h7-9,19H,3-6H2,1-2H3/b12-7+. The number of rotatable bonds is 4. The molecule has 0 aromatic heterocycles. The van der Waals surface area contributed by atoms with Gasteiger partial charge in [-0.1, -0.05) is 0 Å². The van der Waals surface area contributed by atoms with Crippen molar-refractivity contribution in [3.63, 3.8) is 0 Å². The maximum atomic E-state index is 12.3. The van der Waals surface area contributed by atoms with Crippen molar-refractivity contribution in [2.24, 2.45) is 0 Å². The largest absolute Gasteiger partial charge is 0.502 e. The number of benzene rings is 1. The SMILES string of the molecule is COc1cc(/C=C(\C#N)C(=O)N2CCCC2)cc(OC)c1O. The fourth-order valence-corrected chi connectivity index (χ4v) is 2.40. The molecule has 1 amide bonds. The summed E-state index contributed by atoms with van der Waals surface area (Å²) in [4.78, 5) is 14.0. The van der Waals surface area contributed by atoms with Gasteiger partial charge in [0.1, 0.15) is 11.6 Å². The highest BCUT2D eigenvalue weighted by molar-refractivity contribution is 6.01. The molecule has 0 unspecified atom stereocenters. The number of ether oxygens (including phenoxy) is 2. The van der Waals surface area contributed by atoms with Crippen LogP contribution in [-0.4, -0.2) is 43.2 Å². The number of nitriles is 1. The fraction of sp³-hybridized carbons (Fsp3) is 0.375. The minimum atomic E-state index is -0.272. The maximum Gasteiger partial charge on any atom is 0.264 e. The molecular weight excluding hydrogens is 284 g/mol. The second-order valence-electron chi connectivity index (χ2n) is 4.94. The first-order valence-electron chi connectivity index (χ1n) is 6.96. The van der Waals surface area contributed by atoms with Crippen LogP contribution in [0.4, 0.5) is 0 Å². The Labute approximate surface area is 129 Å². The lowest BCUT2D eigenvalue weighted by atomic mass is 10.1. The first kappa shape index (κ1) is 15.7. The van der Waals surface area contributed by atoms with Gasteiger partial charge in [-0.25, -0.2) is 0 Å². The predicted molar refractivity (Wildman–Crippen MR) is 80.6 cm³/mol. The number of carbonyl (C=O) groups excluding carboxylic acids is 1. The molecule has 1 aromatic rings. The number of phenolic OH excluding ortho intramolecular Hbond substituents is 1. The molecule has 116 valence electrons. The summed E-state index contributed by atoms with van der Waals surface area (Å²) in [7, 11) is 2.84. The number of nitrogens with zero attached hydrogens (tertiary/aromatic N) is 2. The monoisotopic (exact) mass is 302 g/mol. The van der Waals surface area contributed by atoms with Crippen molar-refractivity contribution in [2.75, 3.05) is 27.3 Å². The highest BCUT2D eigenvalue weighted by atomic mass is 16.5. The third kappa shape index (κ3) is 3.14. The zero-order valence-corrected chi connectivity index (χ0v) is 12.6. The zero-order chi connectivity index (χ0) is 16.1. The Morgan fingerprint density at radius 2 is 1.82 bits per heavy atom. The van der Waals surface area contributed by atoms with Gasteiger partial charge in [-0.15, -0.1) is 0 Å². The number of hydrogen-bond donors (Lipinski definition) is 1. The van der Waals surface area contributed by atoms with Gasteiger partial charge in [0.15, 0.2) is 11.5 Å². The van der Waals surface area contributed by atoms with Gasteiger partial charge in [0, 0.05) is 13.1 Å². The van der Waals surface area contributed by atoms with E-state index in [1.165, 1.54) is 20.3 Å². The van der Waals surface area contributed by atoms with Crippen molar-refractivity contribution in [3.05, 3.63) is 23.3 Å². The summed E-state index contributed by atoms with van der Waals surface area (Å²) in [6.45, 7) is 1.36. The second-order valence-corrected chi connectivity index (χ2v) is 4.94. The molecule has 1 heterocycles. The lowest BCUT2D eigenvalue weighted by Crippen LogP contribution is -2.28. The van der Waals surface area contributed by atoms with Gasteiger partial charge in [-0.3, -0.25) is 4.79 Å². The van der Waals surface area contributed by atoms with Crippen molar-refractivity contribution in [3.8, 4) is 23.3 Å². The Kier molecular flexibility index (Phi) is 4.89. The molecule has 2 rings (SSSR count). The molecule has 1 saturated heterocycles. The third-order valence-corrected chi connectivity index (χ3v) is 3.56. The van der Waals surface area contributed by atoms with E-state index in [9.17, 15) is 15.2 Å². The number of carbonyl (C=O) groups is 1. The Hall–Kier alpha value is -2.68. The van der Waals surface area contributed by atoms with E-state index < -0.39 is 0 Å². The van der Waals surface area contributed by atoms with Crippen molar-refractivity contribution >= 4 is 12.0 Å². The molecule has 1 fully saturated rings. The first-order chi connectivity index (χ1) is 10.6. The van der Waals surface area contributed by atoms with Crippen LogP contribution >= 0.6 is 0 Å². The molecule has 0 atom stereocenters. The van der Waals surface area contributed by atoms with Gasteiger partial charge in [0.25, 0.3) is 5.91 Å². The predicted octanol–water partition coefficient (Wildman–Crippen LogP) is 1.94. The molecule has 0 bridgehead atoms. The van der Waals surface area contributed by atoms with Crippen molar-refractivity contribution < 1.29 is 19.4 Å². The Balaban J connectivity index is 2.37. The molecule has 0 saturated carbocycles. The average molecular weight is 302 g/mol. The van der Waals surface area contributed by atoms with Crippen LogP contribution in [0.15, 0.2) is 17.7 Å². The summed E-state index contributed by atoms with van der Waals surface area (Å²) >= 11 is 0. The van der Waals surface area contributed by atoms with Crippen LogP contribution in [0.1, 0.15) is 18.4 Å². The Bertz CT molecular complexity index is 615. The topological polar surface area (TPSA) is 82.8 Å². The molecule has 0 radical (unpaired) electrons. The molecule has 1 aliphatic rings. The van der Waals surface area contributed by atoms with Gasteiger partial charge in [-0.05, 0) is 36.6 Å². The number of methoxy groups -OCH3 is 2. The van der Waals surface area contributed by atoms with E-state index in [2.05, 4.69) is 0 Å². The smallest absolute Gasteiger partial charge is 0.264 e. The van der Waals surface area contributed by atoms with Gasteiger partial charge in [-0.2, -0.15) is 5.26 Å². The highest BCUT2D eigenvalue weighted by Crippen LogP contribution is 2.37. The summed E-state index contributed by atoms with van der Waals surface area (Å²) in [6, 6.07) is 5.04. The fourth-order valence-electron chi connectivity index (χ4n) is 2.40. The molecule has 6 heteroatoms. The minimum Gasteiger partial charge on any atom is -0.502 e. The van der Waals surface area contributed by atoms with E-state index in [0.29, 0.717) is 18.7 Å². The van der Waals surface area contributed by atoms with E-state index in [0.717, 1.165) is 12.8 Å². The number of hydrogen-bond acceptors (Lipinski definition) is 5. The Morgan fingerprint density at radius 1 is 1.27 bits per heavy atom. The summed E-state index contributed by atoms with van der Waals surface area (Å²) in [5.41, 5.74) is 0.604. The summed E-state index contributed by atoms with van der Waals surface area (Å²) in [5, 5.41) is 19.1. The van der Waals surface area contributed by atoms with Crippen LogP contribution in [0, 0.1) is 11.3 Å². The molecule has 22 heavy (non-hydrogen) atoms. The zero-order valence-electron chi connectivity index (χ0n) is 12.6. The number of amides is 1. The summed E-state index contributed by atoms with van der Waals surface area (Å²) in [5.74, 6) is 0.0468. The number of aromatic hydroxyl groups is 1. The van der Waals surface area contributed by atoms with Gasteiger partial charge < -0.3 is 19.5 Å². The van der Waals surface area contributed by atoms with Crippen LogP contribution in [-0.2, 0) is 4.79 Å². The van der Waals surface area contributed by atoms with Crippen LogP contribution in [0.2, 0.25) is 0 Å². The van der Waals surface area contributed by atoms with E-state index in [-0.39, 0.29) is 28.7 Å². The molecule has 0 spiro atoms. The highest BCUT2D eigenvalue weighted by Gasteiger charge is 2.21. The molecule has 6 nitrogen and oxygen atoms in total. The quantitative estimate of drug-likeness (QED) is 0.679. The molecular formula is C16H18N2O4.